The maximum Gasteiger partial charge on any atom is 0.0406 e. The average molecular weight is 295 g/mol. The lowest BCUT2D eigenvalue weighted by Gasteiger charge is -2.32. The molecule has 1 aromatic rings. The van der Waals surface area contributed by atoms with Crippen LogP contribution < -0.4 is 5.32 Å². The number of nitrogens with zero attached hydrogens (tertiary/aromatic N) is 1. The number of rotatable bonds is 6. The first-order chi connectivity index (χ1) is 9.69. The van der Waals surface area contributed by atoms with E-state index in [1.54, 1.807) is 0 Å². The molecule has 2 rings (SSSR count). The van der Waals surface area contributed by atoms with Gasteiger partial charge in [-0.25, -0.2) is 0 Å². The summed E-state index contributed by atoms with van der Waals surface area (Å²) in [7, 11) is 0. The molecule has 1 aliphatic heterocycles. The van der Waals surface area contributed by atoms with E-state index in [0.29, 0.717) is 6.04 Å². The van der Waals surface area contributed by atoms with E-state index in [1.807, 2.05) is 12.1 Å². The fourth-order valence-electron chi connectivity index (χ4n) is 3.13. The first-order valence-corrected chi connectivity index (χ1v) is 8.28. The summed E-state index contributed by atoms with van der Waals surface area (Å²) in [5.41, 5.74) is 1.35. The number of halogens is 1. The fourth-order valence-corrected chi connectivity index (χ4v) is 3.26. The number of hydrogen-bond donors (Lipinski definition) is 1. The second-order valence-corrected chi connectivity index (χ2v) is 6.43. The molecule has 1 fully saturated rings. The summed E-state index contributed by atoms with van der Waals surface area (Å²) in [6.45, 7) is 9.26. The second-order valence-electron chi connectivity index (χ2n) is 6.00. The van der Waals surface area contributed by atoms with Crippen LogP contribution in [0.4, 0.5) is 0 Å². The molecular weight excluding hydrogens is 268 g/mol. The van der Waals surface area contributed by atoms with Crippen molar-refractivity contribution in [2.45, 2.75) is 39.2 Å². The van der Waals surface area contributed by atoms with Crippen LogP contribution in [0.25, 0.3) is 0 Å². The first-order valence-electron chi connectivity index (χ1n) is 7.90. The van der Waals surface area contributed by atoms with Crippen LogP contribution in [-0.2, 0) is 0 Å². The van der Waals surface area contributed by atoms with Crippen molar-refractivity contribution in [3.63, 3.8) is 0 Å². The van der Waals surface area contributed by atoms with Gasteiger partial charge in [-0.2, -0.15) is 0 Å². The Morgan fingerprint density at radius 1 is 1.35 bits per heavy atom. The van der Waals surface area contributed by atoms with Crippen LogP contribution in [-0.4, -0.2) is 31.1 Å². The Morgan fingerprint density at radius 2 is 2.10 bits per heavy atom. The van der Waals surface area contributed by atoms with Crippen LogP contribution in [0.1, 0.15) is 44.7 Å². The number of benzene rings is 1. The highest BCUT2D eigenvalue weighted by Crippen LogP contribution is 2.21. The van der Waals surface area contributed by atoms with E-state index in [1.165, 1.54) is 44.5 Å². The van der Waals surface area contributed by atoms with E-state index >= 15 is 0 Å². The number of hydrogen-bond acceptors (Lipinski definition) is 2. The minimum absolute atomic E-state index is 0.439. The van der Waals surface area contributed by atoms with Crippen molar-refractivity contribution in [2.75, 3.05) is 26.2 Å². The second kappa shape index (κ2) is 8.02. The van der Waals surface area contributed by atoms with Crippen molar-refractivity contribution >= 4 is 11.6 Å². The van der Waals surface area contributed by atoms with Gasteiger partial charge in [0.25, 0.3) is 0 Å². The Morgan fingerprint density at radius 3 is 2.75 bits per heavy atom. The molecule has 2 unspecified atom stereocenters. The Balaban J connectivity index is 1.90. The standard InChI is InChI=1S/C17H27ClN2/c1-3-19-17(15-6-8-16(18)9-7-15)10-12-20-11-4-5-14(2)13-20/h6-9,14,17,19H,3-5,10-13H2,1-2H3. The average Bonchev–Trinajstić information content (AvgIpc) is 2.44. The van der Waals surface area contributed by atoms with Gasteiger partial charge in [0.2, 0.25) is 0 Å². The summed E-state index contributed by atoms with van der Waals surface area (Å²) in [4.78, 5) is 2.62. The molecule has 1 N–H and O–H groups in total. The zero-order valence-electron chi connectivity index (χ0n) is 12.7. The largest absolute Gasteiger partial charge is 0.310 e. The van der Waals surface area contributed by atoms with E-state index in [2.05, 4.69) is 36.2 Å². The van der Waals surface area contributed by atoms with Gasteiger partial charge in [-0.05, 0) is 62.5 Å². The molecule has 1 aromatic carbocycles. The van der Waals surface area contributed by atoms with Crippen LogP contribution in [0.15, 0.2) is 24.3 Å². The topological polar surface area (TPSA) is 15.3 Å². The lowest BCUT2D eigenvalue weighted by Crippen LogP contribution is -2.36. The van der Waals surface area contributed by atoms with Crippen molar-refractivity contribution in [1.29, 1.82) is 0 Å². The predicted molar refractivity (Wildman–Crippen MR) is 87.3 cm³/mol. The quantitative estimate of drug-likeness (QED) is 0.849. The van der Waals surface area contributed by atoms with E-state index in [-0.39, 0.29) is 0 Å². The van der Waals surface area contributed by atoms with Gasteiger partial charge in [-0.15, -0.1) is 0 Å². The number of piperidine rings is 1. The molecule has 2 atom stereocenters. The van der Waals surface area contributed by atoms with Gasteiger partial charge < -0.3 is 10.2 Å². The van der Waals surface area contributed by atoms with Crippen molar-refractivity contribution in [3.8, 4) is 0 Å². The Labute approximate surface area is 128 Å². The Hall–Kier alpha value is -0.570. The highest BCUT2D eigenvalue weighted by atomic mass is 35.5. The van der Waals surface area contributed by atoms with E-state index in [9.17, 15) is 0 Å². The van der Waals surface area contributed by atoms with Gasteiger partial charge in [-0.3, -0.25) is 0 Å². The molecule has 1 saturated heterocycles. The molecule has 2 nitrogen and oxygen atoms in total. The SMILES string of the molecule is CCNC(CCN1CCCC(C)C1)c1ccc(Cl)cc1. The Kier molecular flexibility index (Phi) is 6.34. The first kappa shape index (κ1) is 15.8. The van der Waals surface area contributed by atoms with Crippen molar-refractivity contribution in [2.24, 2.45) is 5.92 Å². The summed E-state index contributed by atoms with van der Waals surface area (Å²) in [5.74, 6) is 0.858. The smallest absolute Gasteiger partial charge is 0.0406 e. The summed E-state index contributed by atoms with van der Waals surface area (Å²) in [6.07, 6.45) is 3.92. The molecule has 20 heavy (non-hydrogen) atoms. The summed E-state index contributed by atoms with van der Waals surface area (Å²) < 4.78 is 0. The molecule has 0 radical (unpaired) electrons. The number of likely N-dealkylation sites (tertiary alicyclic amines) is 1. The van der Waals surface area contributed by atoms with E-state index < -0.39 is 0 Å². The van der Waals surface area contributed by atoms with Gasteiger partial charge in [0.15, 0.2) is 0 Å². The predicted octanol–water partition coefficient (Wildman–Crippen LogP) is 4.11. The molecule has 112 valence electrons. The van der Waals surface area contributed by atoms with Crippen molar-refractivity contribution in [1.82, 2.24) is 10.2 Å². The van der Waals surface area contributed by atoms with Gasteiger partial charge in [0.05, 0.1) is 0 Å². The molecule has 0 saturated carbocycles. The number of nitrogens with one attached hydrogen (secondary N) is 1. The highest BCUT2D eigenvalue weighted by Gasteiger charge is 2.18. The van der Waals surface area contributed by atoms with Crippen molar-refractivity contribution < 1.29 is 0 Å². The molecule has 0 spiro atoms. The molecule has 0 aliphatic carbocycles. The molecular formula is C17H27ClN2. The summed E-state index contributed by atoms with van der Waals surface area (Å²) in [6, 6.07) is 8.71. The van der Waals surface area contributed by atoms with Gasteiger partial charge in [-0.1, -0.05) is 37.6 Å². The highest BCUT2D eigenvalue weighted by molar-refractivity contribution is 6.30. The normalized spacial score (nSPS) is 21.9. The van der Waals surface area contributed by atoms with Gasteiger partial charge in [0, 0.05) is 17.6 Å². The fraction of sp³-hybridized carbons (Fsp3) is 0.647. The zero-order valence-corrected chi connectivity index (χ0v) is 13.5. The van der Waals surface area contributed by atoms with Crippen LogP contribution in [0, 0.1) is 5.92 Å². The minimum Gasteiger partial charge on any atom is -0.310 e. The molecule has 0 amide bonds. The third-order valence-corrected chi connectivity index (χ3v) is 4.45. The van der Waals surface area contributed by atoms with Crippen LogP contribution in [0.3, 0.4) is 0 Å². The van der Waals surface area contributed by atoms with E-state index in [0.717, 1.165) is 17.5 Å². The van der Waals surface area contributed by atoms with E-state index in [4.69, 9.17) is 11.6 Å². The molecule has 3 heteroatoms. The molecule has 0 aromatic heterocycles. The van der Waals surface area contributed by atoms with Crippen LogP contribution in [0.5, 0.6) is 0 Å². The summed E-state index contributed by atoms with van der Waals surface area (Å²) in [5, 5.41) is 4.41. The van der Waals surface area contributed by atoms with Gasteiger partial charge >= 0.3 is 0 Å². The van der Waals surface area contributed by atoms with Crippen molar-refractivity contribution in [3.05, 3.63) is 34.9 Å². The third kappa shape index (κ3) is 4.76. The lowest BCUT2D eigenvalue weighted by atomic mass is 9.98. The summed E-state index contributed by atoms with van der Waals surface area (Å²) >= 11 is 5.98. The third-order valence-electron chi connectivity index (χ3n) is 4.20. The minimum atomic E-state index is 0.439. The van der Waals surface area contributed by atoms with Crippen LogP contribution >= 0.6 is 11.6 Å². The lowest BCUT2D eigenvalue weighted by molar-refractivity contribution is 0.176. The monoisotopic (exact) mass is 294 g/mol. The van der Waals surface area contributed by atoms with Gasteiger partial charge in [0.1, 0.15) is 0 Å². The molecule has 1 heterocycles. The zero-order chi connectivity index (χ0) is 14.4. The Bertz CT molecular complexity index is 390. The maximum absolute atomic E-state index is 5.98. The molecule has 0 bridgehead atoms. The maximum atomic E-state index is 5.98. The molecule has 1 aliphatic rings. The van der Waals surface area contributed by atoms with Crippen LogP contribution in [0.2, 0.25) is 5.02 Å².